The number of halogens is 1. The molecule has 1 saturated heterocycles. The van der Waals surface area contributed by atoms with Crippen molar-refractivity contribution in [3.05, 3.63) is 39.9 Å². The van der Waals surface area contributed by atoms with Gasteiger partial charge in [-0.2, -0.15) is 15.0 Å². The summed E-state index contributed by atoms with van der Waals surface area (Å²) in [4.78, 5) is 34.8. The van der Waals surface area contributed by atoms with Crippen molar-refractivity contribution in [2.75, 3.05) is 54.2 Å². The number of rotatable bonds is 6. The second-order valence-electron chi connectivity index (χ2n) is 7.26. The molecule has 168 valence electrons. The number of anilines is 5. The quantitative estimate of drug-likeness (QED) is 0.311. The van der Waals surface area contributed by atoms with Gasteiger partial charge in [-0.1, -0.05) is 35.1 Å². The maximum absolute atomic E-state index is 12.7. The van der Waals surface area contributed by atoms with E-state index in [1.54, 1.807) is 6.07 Å². The van der Waals surface area contributed by atoms with E-state index in [2.05, 4.69) is 52.8 Å². The van der Waals surface area contributed by atoms with Crippen molar-refractivity contribution in [3.8, 4) is 0 Å². The predicted octanol–water partition coefficient (Wildman–Crippen LogP) is 2.32. The van der Waals surface area contributed by atoms with Crippen molar-refractivity contribution < 1.29 is 4.79 Å². The van der Waals surface area contributed by atoms with E-state index >= 15 is 0 Å². The lowest BCUT2D eigenvalue weighted by atomic mass is 10.2. The molecule has 0 bridgehead atoms. The number of benzene rings is 1. The van der Waals surface area contributed by atoms with Crippen molar-refractivity contribution in [1.29, 1.82) is 0 Å². The first kappa shape index (κ1) is 22.1. The number of piperazine rings is 1. The molecule has 11 nitrogen and oxygen atoms in total. The number of hydrogen-bond donors (Lipinski definition) is 4. The van der Waals surface area contributed by atoms with Crippen LogP contribution in [0.3, 0.4) is 0 Å². The van der Waals surface area contributed by atoms with E-state index in [1.807, 2.05) is 19.1 Å². The van der Waals surface area contributed by atoms with E-state index in [0.717, 1.165) is 31.7 Å². The number of para-hydroxylation sites is 1. The molecule has 1 fully saturated rings. The zero-order valence-corrected chi connectivity index (χ0v) is 19.2. The van der Waals surface area contributed by atoms with Gasteiger partial charge in [0.15, 0.2) is 5.13 Å². The number of nitrogens with two attached hydrogens (primary N) is 1. The van der Waals surface area contributed by atoms with Gasteiger partial charge in [0.25, 0.3) is 5.91 Å². The number of carbonyl (C=O) groups excluding carboxylic acids is 1. The third-order valence-corrected chi connectivity index (χ3v) is 6.17. The Bertz CT molecular complexity index is 1090. The number of carbonyl (C=O) groups is 1. The highest BCUT2D eigenvalue weighted by molar-refractivity contribution is 7.17. The summed E-state index contributed by atoms with van der Waals surface area (Å²) in [6.07, 6.45) is 1.49. The minimum absolute atomic E-state index is 0.236. The highest BCUT2D eigenvalue weighted by Gasteiger charge is 2.19. The Morgan fingerprint density at radius 2 is 1.91 bits per heavy atom. The van der Waals surface area contributed by atoms with Gasteiger partial charge in [-0.15, -0.1) is 0 Å². The third kappa shape index (κ3) is 5.05. The highest BCUT2D eigenvalue weighted by Crippen LogP contribution is 2.28. The Morgan fingerprint density at radius 1 is 1.16 bits per heavy atom. The second kappa shape index (κ2) is 9.61. The van der Waals surface area contributed by atoms with Crippen molar-refractivity contribution in [2.24, 2.45) is 5.84 Å². The minimum Gasteiger partial charge on any atom is -0.338 e. The van der Waals surface area contributed by atoms with Crippen LogP contribution >= 0.6 is 22.9 Å². The molecule has 4 rings (SSSR count). The number of aryl methyl sites for hydroxylation is 1. The van der Waals surface area contributed by atoms with Gasteiger partial charge in [0.1, 0.15) is 4.88 Å². The zero-order valence-electron chi connectivity index (χ0n) is 17.6. The van der Waals surface area contributed by atoms with Crippen LogP contribution in [0.15, 0.2) is 24.4 Å². The Kier molecular flexibility index (Phi) is 6.65. The predicted molar refractivity (Wildman–Crippen MR) is 127 cm³/mol. The molecule has 2 aromatic heterocycles. The maximum Gasteiger partial charge on any atom is 0.267 e. The molecule has 1 amide bonds. The van der Waals surface area contributed by atoms with Crippen LogP contribution in [0.2, 0.25) is 5.02 Å². The lowest BCUT2D eigenvalue weighted by Gasteiger charge is -2.32. The highest BCUT2D eigenvalue weighted by atomic mass is 35.5. The maximum atomic E-state index is 12.7. The van der Waals surface area contributed by atoms with Gasteiger partial charge in [0.05, 0.1) is 16.9 Å². The fraction of sp³-hybridized carbons (Fsp3) is 0.316. The van der Waals surface area contributed by atoms with Crippen molar-refractivity contribution in [1.82, 2.24) is 24.8 Å². The Hall–Kier alpha value is -3.06. The summed E-state index contributed by atoms with van der Waals surface area (Å²) in [5.74, 6) is 6.28. The molecule has 0 atom stereocenters. The summed E-state index contributed by atoms with van der Waals surface area (Å²) in [7, 11) is 2.08. The topological polar surface area (TPSA) is 137 Å². The number of thiazole rings is 1. The molecule has 0 spiro atoms. The molecule has 0 saturated carbocycles. The van der Waals surface area contributed by atoms with Crippen LogP contribution in [0.1, 0.15) is 15.2 Å². The first-order valence-electron chi connectivity index (χ1n) is 9.88. The van der Waals surface area contributed by atoms with E-state index in [-0.39, 0.29) is 17.8 Å². The molecule has 3 aromatic rings. The number of nitrogen functional groups attached to an aromatic ring is 1. The molecule has 0 radical (unpaired) electrons. The van der Waals surface area contributed by atoms with Crippen molar-refractivity contribution in [3.63, 3.8) is 0 Å². The summed E-state index contributed by atoms with van der Waals surface area (Å²) in [5, 5.41) is 6.81. The molecule has 13 heteroatoms. The van der Waals surface area contributed by atoms with E-state index in [9.17, 15) is 4.79 Å². The normalized spacial score (nSPS) is 14.3. The first-order valence-corrected chi connectivity index (χ1v) is 11.1. The molecule has 32 heavy (non-hydrogen) atoms. The van der Waals surface area contributed by atoms with E-state index in [1.165, 1.54) is 17.5 Å². The van der Waals surface area contributed by atoms with Crippen molar-refractivity contribution >= 4 is 57.5 Å². The lowest BCUT2D eigenvalue weighted by molar-refractivity contribution is 0.103. The molecule has 1 aromatic carbocycles. The Morgan fingerprint density at radius 3 is 2.62 bits per heavy atom. The zero-order chi connectivity index (χ0) is 22.7. The Balaban J connectivity index is 1.49. The van der Waals surface area contributed by atoms with Gasteiger partial charge in [-0.25, -0.2) is 10.8 Å². The molecular weight excluding hydrogens is 452 g/mol. The van der Waals surface area contributed by atoms with Crippen LogP contribution in [-0.4, -0.2) is 64.0 Å². The molecular formula is C19H23ClN10OS. The molecule has 1 aliphatic rings. The van der Waals surface area contributed by atoms with Gasteiger partial charge in [-0.3, -0.25) is 15.5 Å². The first-order chi connectivity index (χ1) is 15.4. The molecule has 0 unspecified atom stereocenters. The average Bonchev–Trinajstić information content (AvgIpc) is 3.25. The van der Waals surface area contributed by atoms with Gasteiger partial charge >= 0.3 is 0 Å². The van der Waals surface area contributed by atoms with Gasteiger partial charge < -0.3 is 15.1 Å². The minimum atomic E-state index is -0.301. The number of hydrogen-bond acceptors (Lipinski definition) is 11. The van der Waals surface area contributed by atoms with Crippen LogP contribution < -0.4 is 26.8 Å². The average molecular weight is 475 g/mol. The van der Waals surface area contributed by atoms with Gasteiger partial charge in [0, 0.05) is 26.2 Å². The molecule has 3 heterocycles. The Labute approximate surface area is 194 Å². The number of amides is 1. The number of likely N-dealkylation sites (N-methyl/N-ethyl adjacent to an activating group) is 1. The molecule has 5 N–H and O–H groups in total. The number of aromatic nitrogens is 4. The SMILES string of the molecule is Cc1cccc(Cl)c1NC(=O)c1cnc(Nc2nc(NN)nc(N3CCN(C)CC3)n2)s1. The second-order valence-corrected chi connectivity index (χ2v) is 8.70. The van der Waals surface area contributed by atoms with E-state index in [4.69, 9.17) is 17.4 Å². The standard InChI is InChI=1S/C19H23ClN10OS/c1-11-4-3-5-12(20)14(11)23-15(31)13-10-22-19(32-13)27-16-24-17(28-21)26-18(25-16)30-8-6-29(2)7-9-30/h3-5,10H,6-9,21H2,1-2H3,(H,23,31)(H2,22,24,25,26,27,28). The van der Waals surface area contributed by atoms with Crippen LogP contribution in [0.25, 0.3) is 0 Å². The van der Waals surface area contributed by atoms with Crippen LogP contribution in [0.5, 0.6) is 0 Å². The lowest BCUT2D eigenvalue weighted by Crippen LogP contribution is -2.45. The van der Waals surface area contributed by atoms with Crippen LogP contribution in [0.4, 0.5) is 28.7 Å². The molecule has 1 aliphatic heterocycles. The van der Waals surface area contributed by atoms with Crippen molar-refractivity contribution in [2.45, 2.75) is 6.92 Å². The smallest absolute Gasteiger partial charge is 0.267 e. The van der Waals surface area contributed by atoms with Gasteiger partial charge in [-0.05, 0) is 25.6 Å². The fourth-order valence-corrected chi connectivity index (χ4v) is 4.11. The van der Waals surface area contributed by atoms with E-state index < -0.39 is 0 Å². The summed E-state index contributed by atoms with van der Waals surface area (Å²) >= 11 is 7.38. The largest absolute Gasteiger partial charge is 0.338 e. The summed E-state index contributed by atoms with van der Waals surface area (Å²) < 4.78 is 0. The fourth-order valence-electron chi connectivity index (χ4n) is 3.13. The summed E-state index contributed by atoms with van der Waals surface area (Å²) in [5.41, 5.74) is 3.92. The monoisotopic (exact) mass is 474 g/mol. The third-order valence-electron chi connectivity index (χ3n) is 4.95. The number of nitrogens with one attached hydrogen (secondary N) is 3. The summed E-state index contributed by atoms with van der Waals surface area (Å²) in [6, 6.07) is 5.44. The summed E-state index contributed by atoms with van der Waals surface area (Å²) in [6.45, 7) is 5.30. The van der Waals surface area contributed by atoms with Gasteiger partial charge in [0.2, 0.25) is 17.8 Å². The number of hydrazine groups is 1. The van der Waals surface area contributed by atoms with Crippen LogP contribution in [-0.2, 0) is 0 Å². The number of nitrogens with zero attached hydrogens (tertiary/aromatic N) is 6. The molecule has 0 aliphatic carbocycles. The van der Waals surface area contributed by atoms with E-state index in [0.29, 0.717) is 26.7 Å². The van der Waals surface area contributed by atoms with Crippen LogP contribution in [0, 0.1) is 6.92 Å².